The number of nitrogens with zero attached hydrogens (tertiary/aromatic N) is 2. The van der Waals surface area contributed by atoms with Crippen molar-refractivity contribution in [2.45, 2.75) is 39.8 Å². The summed E-state index contributed by atoms with van der Waals surface area (Å²) in [6, 6.07) is 0.839. The molecule has 0 N–H and O–H groups in total. The molecule has 4 heteroatoms. The van der Waals surface area contributed by atoms with E-state index in [4.69, 9.17) is 4.74 Å². The zero-order valence-corrected chi connectivity index (χ0v) is 10.2. The number of carbonyl (C=O) groups is 1. The maximum Gasteiger partial charge on any atom is 0.409 e. The lowest BCUT2D eigenvalue weighted by Crippen LogP contribution is -2.57. The lowest BCUT2D eigenvalue weighted by Gasteiger charge is -2.43. The van der Waals surface area contributed by atoms with Crippen LogP contribution in [-0.2, 0) is 4.74 Å². The van der Waals surface area contributed by atoms with E-state index in [-0.39, 0.29) is 6.09 Å². The molecule has 2 atom stereocenters. The minimum Gasteiger partial charge on any atom is -0.450 e. The molecule has 88 valence electrons. The largest absolute Gasteiger partial charge is 0.450 e. The Bertz CT molecular complexity index is 209. The highest BCUT2D eigenvalue weighted by Crippen LogP contribution is 2.15. The second-order valence-electron chi connectivity index (χ2n) is 4.13. The number of ether oxygens (including phenoxy) is 1. The minimum absolute atomic E-state index is 0.174. The Morgan fingerprint density at radius 3 is 2.20 bits per heavy atom. The third-order valence-corrected chi connectivity index (χ3v) is 2.99. The number of rotatable bonds is 2. The Labute approximate surface area is 92.2 Å². The zero-order valence-electron chi connectivity index (χ0n) is 10.2. The Morgan fingerprint density at radius 1 is 1.27 bits per heavy atom. The summed E-state index contributed by atoms with van der Waals surface area (Å²) in [5, 5.41) is 0. The fraction of sp³-hybridized carbons (Fsp3) is 0.909. The van der Waals surface area contributed by atoms with Crippen molar-refractivity contribution >= 4 is 6.09 Å². The Kier molecular flexibility index (Phi) is 4.39. The minimum atomic E-state index is -0.174. The van der Waals surface area contributed by atoms with Crippen molar-refractivity contribution < 1.29 is 9.53 Å². The molecule has 1 rings (SSSR count). The molecule has 0 unspecified atom stereocenters. The summed E-state index contributed by atoms with van der Waals surface area (Å²) in [5.41, 5.74) is 0. The highest BCUT2D eigenvalue weighted by Gasteiger charge is 2.31. The summed E-state index contributed by atoms with van der Waals surface area (Å²) in [5.74, 6) is 0. The summed E-state index contributed by atoms with van der Waals surface area (Å²) in [6.07, 6.45) is -0.174. The van der Waals surface area contributed by atoms with Crippen LogP contribution >= 0.6 is 0 Å². The van der Waals surface area contributed by atoms with Gasteiger partial charge in [-0.2, -0.15) is 0 Å². The topological polar surface area (TPSA) is 32.8 Å². The smallest absolute Gasteiger partial charge is 0.409 e. The van der Waals surface area contributed by atoms with Crippen molar-refractivity contribution in [3.05, 3.63) is 0 Å². The molecule has 1 saturated heterocycles. The molecule has 1 aliphatic heterocycles. The SMILES string of the molecule is CCOC(=O)N1C[C@@H](C)N(CC)[C@@H](C)C1. The molecule has 1 amide bonds. The molecule has 0 bridgehead atoms. The van der Waals surface area contributed by atoms with Gasteiger partial charge in [-0.1, -0.05) is 6.92 Å². The average Bonchev–Trinajstić information content (AvgIpc) is 2.17. The average molecular weight is 214 g/mol. The quantitative estimate of drug-likeness (QED) is 0.699. The first-order chi connectivity index (χ1) is 7.10. The van der Waals surface area contributed by atoms with Gasteiger partial charge in [-0.05, 0) is 27.3 Å². The summed E-state index contributed by atoms with van der Waals surface area (Å²) < 4.78 is 5.02. The fourth-order valence-corrected chi connectivity index (χ4v) is 2.34. The number of hydrogen-bond acceptors (Lipinski definition) is 3. The molecule has 1 aliphatic rings. The highest BCUT2D eigenvalue weighted by atomic mass is 16.6. The number of carbonyl (C=O) groups excluding carboxylic acids is 1. The normalized spacial score (nSPS) is 27.9. The molecule has 0 aromatic carbocycles. The van der Waals surface area contributed by atoms with E-state index in [1.807, 2.05) is 11.8 Å². The second-order valence-corrected chi connectivity index (χ2v) is 4.13. The Morgan fingerprint density at radius 2 is 1.80 bits per heavy atom. The molecule has 0 aliphatic carbocycles. The third kappa shape index (κ3) is 2.84. The maximum absolute atomic E-state index is 11.6. The van der Waals surface area contributed by atoms with E-state index < -0.39 is 0 Å². The van der Waals surface area contributed by atoms with Gasteiger partial charge >= 0.3 is 6.09 Å². The van der Waals surface area contributed by atoms with E-state index in [2.05, 4.69) is 25.7 Å². The summed E-state index contributed by atoms with van der Waals surface area (Å²) in [6.45, 7) is 11.4. The summed E-state index contributed by atoms with van der Waals surface area (Å²) in [4.78, 5) is 15.8. The van der Waals surface area contributed by atoms with Crippen LogP contribution in [-0.4, -0.2) is 54.2 Å². The number of piperazine rings is 1. The molecular formula is C11H22N2O2. The van der Waals surface area contributed by atoms with E-state index in [0.29, 0.717) is 18.7 Å². The first-order valence-electron chi connectivity index (χ1n) is 5.77. The molecule has 0 spiro atoms. The van der Waals surface area contributed by atoms with Gasteiger partial charge < -0.3 is 9.64 Å². The zero-order chi connectivity index (χ0) is 11.4. The molecule has 1 heterocycles. The molecule has 4 nitrogen and oxygen atoms in total. The molecule has 0 saturated carbocycles. The lowest BCUT2D eigenvalue weighted by atomic mass is 10.1. The van der Waals surface area contributed by atoms with Gasteiger partial charge in [0.25, 0.3) is 0 Å². The third-order valence-electron chi connectivity index (χ3n) is 2.99. The van der Waals surface area contributed by atoms with Crippen molar-refractivity contribution in [1.82, 2.24) is 9.80 Å². The lowest BCUT2D eigenvalue weighted by molar-refractivity contribution is 0.0319. The highest BCUT2D eigenvalue weighted by molar-refractivity contribution is 5.67. The molecule has 1 fully saturated rings. The van der Waals surface area contributed by atoms with E-state index in [0.717, 1.165) is 19.6 Å². The predicted molar refractivity (Wildman–Crippen MR) is 59.9 cm³/mol. The van der Waals surface area contributed by atoms with Gasteiger partial charge in [0.15, 0.2) is 0 Å². The van der Waals surface area contributed by atoms with Crippen molar-refractivity contribution in [3.63, 3.8) is 0 Å². The van der Waals surface area contributed by atoms with Crippen LogP contribution in [0, 0.1) is 0 Å². The number of hydrogen-bond donors (Lipinski definition) is 0. The molecular weight excluding hydrogens is 192 g/mol. The van der Waals surface area contributed by atoms with Crippen LogP contribution in [0.3, 0.4) is 0 Å². The van der Waals surface area contributed by atoms with Gasteiger partial charge in [-0.15, -0.1) is 0 Å². The van der Waals surface area contributed by atoms with Crippen LogP contribution in [0.25, 0.3) is 0 Å². The van der Waals surface area contributed by atoms with Crippen LogP contribution in [0.1, 0.15) is 27.7 Å². The van der Waals surface area contributed by atoms with Crippen LogP contribution in [0.5, 0.6) is 0 Å². The first kappa shape index (κ1) is 12.3. The van der Waals surface area contributed by atoms with Gasteiger partial charge in [0, 0.05) is 25.2 Å². The second kappa shape index (κ2) is 5.35. The van der Waals surface area contributed by atoms with Crippen LogP contribution in [0.2, 0.25) is 0 Å². The molecule has 0 aromatic rings. The fourth-order valence-electron chi connectivity index (χ4n) is 2.34. The van der Waals surface area contributed by atoms with Crippen molar-refractivity contribution in [3.8, 4) is 0 Å². The molecule has 0 aromatic heterocycles. The Hall–Kier alpha value is -0.770. The standard InChI is InChI=1S/C11H22N2O2/c1-5-13-9(3)7-12(8-10(13)4)11(14)15-6-2/h9-10H,5-8H2,1-4H3/t9-,10+. The van der Waals surface area contributed by atoms with E-state index in [1.165, 1.54) is 0 Å². The van der Waals surface area contributed by atoms with Crippen LogP contribution in [0.15, 0.2) is 0 Å². The maximum atomic E-state index is 11.6. The number of likely N-dealkylation sites (N-methyl/N-ethyl adjacent to an activating group) is 1. The first-order valence-corrected chi connectivity index (χ1v) is 5.77. The molecule has 0 radical (unpaired) electrons. The van der Waals surface area contributed by atoms with Crippen LogP contribution < -0.4 is 0 Å². The summed E-state index contributed by atoms with van der Waals surface area (Å²) in [7, 11) is 0. The van der Waals surface area contributed by atoms with Crippen LogP contribution in [0.4, 0.5) is 4.79 Å². The van der Waals surface area contributed by atoms with Crippen molar-refractivity contribution in [2.24, 2.45) is 0 Å². The van der Waals surface area contributed by atoms with Gasteiger partial charge in [-0.25, -0.2) is 4.79 Å². The van der Waals surface area contributed by atoms with Gasteiger partial charge in [0.2, 0.25) is 0 Å². The monoisotopic (exact) mass is 214 g/mol. The predicted octanol–water partition coefficient (Wildman–Crippen LogP) is 1.56. The van der Waals surface area contributed by atoms with Gasteiger partial charge in [0.05, 0.1) is 6.61 Å². The summed E-state index contributed by atoms with van der Waals surface area (Å²) >= 11 is 0. The van der Waals surface area contributed by atoms with Gasteiger partial charge in [0.1, 0.15) is 0 Å². The Balaban J connectivity index is 2.56. The van der Waals surface area contributed by atoms with Crippen molar-refractivity contribution in [2.75, 3.05) is 26.2 Å². The van der Waals surface area contributed by atoms with Gasteiger partial charge in [-0.3, -0.25) is 4.90 Å². The number of amides is 1. The van der Waals surface area contributed by atoms with E-state index in [1.54, 1.807) is 0 Å². The van der Waals surface area contributed by atoms with Crippen molar-refractivity contribution in [1.29, 1.82) is 0 Å². The van der Waals surface area contributed by atoms with E-state index >= 15 is 0 Å². The molecule has 15 heavy (non-hydrogen) atoms. The van der Waals surface area contributed by atoms with E-state index in [9.17, 15) is 4.79 Å².